The number of rotatable bonds is 8. The molecule has 158 valence electrons. The Morgan fingerprint density at radius 3 is 2.14 bits per heavy atom. The van der Waals surface area contributed by atoms with Gasteiger partial charge in [0.05, 0.1) is 17.0 Å². The summed E-state index contributed by atoms with van der Waals surface area (Å²) in [6.45, 7) is 9.01. The van der Waals surface area contributed by atoms with Crippen LogP contribution in [-0.2, 0) is 19.6 Å². The van der Waals surface area contributed by atoms with Crippen LogP contribution in [0.2, 0.25) is 0 Å². The van der Waals surface area contributed by atoms with E-state index in [1.807, 2.05) is 38.1 Å². The number of Topliss-reactive ketones (excluding diaryl/α,β-unsaturated/α-hetero) is 2. The second kappa shape index (κ2) is 8.73. The fourth-order valence-corrected chi connectivity index (χ4v) is 4.23. The van der Waals surface area contributed by atoms with Crippen LogP contribution in [0, 0.1) is 11.3 Å². The average molecular weight is 419 g/mol. The molecule has 0 amide bonds. The van der Waals surface area contributed by atoms with Gasteiger partial charge in [-0.25, -0.2) is 13.1 Å². The van der Waals surface area contributed by atoms with Crippen molar-refractivity contribution in [3.05, 3.63) is 42.5 Å². The molecular formula is C22H30N2O4S. The van der Waals surface area contributed by atoms with Crippen molar-refractivity contribution in [2.75, 3.05) is 0 Å². The summed E-state index contributed by atoms with van der Waals surface area (Å²) in [4.78, 5) is 25.5. The number of ketones is 2. The van der Waals surface area contributed by atoms with Gasteiger partial charge in [-0.2, -0.15) is 0 Å². The molecule has 0 aromatic heterocycles. The van der Waals surface area contributed by atoms with E-state index in [0.29, 0.717) is 0 Å². The van der Waals surface area contributed by atoms with Crippen molar-refractivity contribution in [1.29, 1.82) is 0 Å². The highest BCUT2D eigenvalue weighted by Crippen LogP contribution is 2.22. The van der Waals surface area contributed by atoms with Gasteiger partial charge in [0.1, 0.15) is 0 Å². The van der Waals surface area contributed by atoms with Gasteiger partial charge >= 0.3 is 0 Å². The maximum Gasteiger partial charge on any atom is 0.241 e. The van der Waals surface area contributed by atoms with Gasteiger partial charge in [-0.1, -0.05) is 65.0 Å². The van der Waals surface area contributed by atoms with Crippen LogP contribution in [0.4, 0.5) is 0 Å². The van der Waals surface area contributed by atoms with E-state index in [1.54, 1.807) is 32.9 Å². The first kappa shape index (κ1) is 23.2. The standard InChI is InChI=1S/C22H30N2O4S/c1-14(2)12-18(19(25)20(26)21(23)22(3,4)5)24-29(27,28)17-11-10-15-8-6-7-9-16(15)13-17/h6-11,13-14,18,21,24H,12,23H2,1-5H3/t18-,21+/m0/s1. The first-order valence-electron chi connectivity index (χ1n) is 9.67. The van der Waals surface area contributed by atoms with Gasteiger partial charge in [-0.3, -0.25) is 9.59 Å². The number of nitrogens with one attached hydrogen (secondary N) is 1. The van der Waals surface area contributed by atoms with Gasteiger partial charge in [-0.15, -0.1) is 0 Å². The number of fused-ring (bicyclic) bond motifs is 1. The molecule has 0 aliphatic rings. The Morgan fingerprint density at radius 2 is 1.59 bits per heavy atom. The van der Waals surface area contributed by atoms with Crippen molar-refractivity contribution in [3.8, 4) is 0 Å². The van der Waals surface area contributed by atoms with Gasteiger partial charge in [0.25, 0.3) is 0 Å². The third-order valence-corrected chi connectivity index (χ3v) is 6.28. The second-order valence-corrected chi connectivity index (χ2v) is 10.6. The van der Waals surface area contributed by atoms with Gasteiger partial charge in [0.2, 0.25) is 21.6 Å². The summed E-state index contributed by atoms with van der Waals surface area (Å²) in [5.41, 5.74) is 5.35. The van der Waals surface area contributed by atoms with Crippen LogP contribution in [0.5, 0.6) is 0 Å². The molecule has 7 heteroatoms. The Balaban J connectivity index is 2.34. The molecule has 0 saturated carbocycles. The molecular weight excluding hydrogens is 388 g/mol. The predicted octanol–water partition coefficient (Wildman–Crippen LogP) is 3.04. The van der Waals surface area contributed by atoms with E-state index < -0.39 is 39.1 Å². The molecule has 6 nitrogen and oxygen atoms in total. The smallest absolute Gasteiger partial charge is 0.241 e. The maximum atomic E-state index is 13.0. The Labute approximate surface area is 172 Å². The molecule has 2 aromatic carbocycles. The Bertz CT molecular complexity index is 1010. The molecule has 29 heavy (non-hydrogen) atoms. The first-order chi connectivity index (χ1) is 13.3. The SMILES string of the molecule is CC(C)C[C@H](NS(=O)(=O)c1ccc2ccccc2c1)C(=O)C(=O)[C@@H](N)C(C)(C)C. The minimum absolute atomic E-state index is 0.00177. The van der Waals surface area contributed by atoms with Crippen molar-refractivity contribution in [2.24, 2.45) is 17.1 Å². The molecule has 0 aliphatic heterocycles. The highest BCUT2D eigenvalue weighted by molar-refractivity contribution is 7.89. The average Bonchev–Trinajstić information content (AvgIpc) is 2.64. The van der Waals surface area contributed by atoms with Gasteiger partial charge in [0.15, 0.2) is 0 Å². The number of carbonyl (C=O) groups excluding carboxylic acids is 2. The minimum atomic E-state index is -4.00. The van der Waals surface area contributed by atoms with Crippen LogP contribution in [0.15, 0.2) is 47.4 Å². The van der Waals surface area contributed by atoms with Crippen molar-refractivity contribution in [1.82, 2.24) is 4.72 Å². The molecule has 0 radical (unpaired) electrons. The normalized spacial score (nSPS) is 14.7. The second-order valence-electron chi connectivity index (χ2n) is 8.88. The van der Waals surface area contributed by atoms with E-state index in [0.717, 1.165) is 10.8 Å². The van der Waals surface area contributed by atoms with E-state index >= 15 is 0 Å². The van der Waals surface area contributed by atoms with Crippen LogP contribution in [0.1, 0.15) is 41.0 Å². The first-order valence-corrected chi connectivity index (χ1v) is 11.2. The molecule has 2 rings (SSSR count). The number of nitrogens with two attached hydrogens (primary N) is 1. The van der Waals surface area contributed by atoms with E-state index in [2.05, 4.69) is 4.72 Å². The monoisotopic (exact) mass is 418 g/mol. The summed E-state index contributed by atoms with van der Waals surface area (Å²) in [5.74, 6) is -1.56. The van der Waals surface area contributed by atoms with Crippen LogP contribution >= 0.6 is 0 Å². The summed E-state index contributed by atoms with van der Waals surface area (Å²) >= 11 is 0. The molecule has 0 unspecified atom stereocenters. The molecule has 0 bridgehead atoms. The zero-order valence-electron chi connectivity index (χ0n) is 17.6. The Kier molecular flexibility index (Phi) is 6.98. The fraction of sp³-hybridized carbons (Fsp3) is 0.455. The Hall–Kier alpha value is -2.09. The predicted molar refractivity (Wildman–Crippen MR) is 115 cm³/mol. The lowest BCUT2D eigenvalue weighted by atomic mass is 9.82. The van der Waals surface area contributed by atoms with E-state index in [4.69, 9.17) is 5.73 Å². The zero-order chi connectivity index (χ0) is 22.0. The number of benzene rings is 2. The number of sulfonamides is 1. The zero-order valence-corrected chi connectivity index (χ0v) is 18.4. The van der Waals surface area contributed by atoms with Crippen LogP contribution in [-0.4, -0.2) is 32.1 Å². The van der Waals surface area contributed by atoms with Crippen molar-refractivity contribution >= 4 is 32.4 Å². The lowest BCUT2D eigenvalue weighted by Gasteiger charge is -2.27. The summed E-state index contributed by atoms with van der Waals surface area (Å²) in [7, 11) is -4.00. The number of hydrogen-bond acceptors (Lipinski definition) is 5. The quantitative estimate of drug-likeness (QED) is 0.641. The highest BCUT2D eigenvalue weighted by atomic mass is 32.2. The molecule has 2 aromatic rings. The third kappa shape index (κ3) is 5.72. The molecule has 0 aliphatic carbocycles. The van der Waals surface area contributed by atoms with Crippen LogP contribution in [0.25, 0.3) is 10.8 Å². The topological polar surface area (TPSA) is 106 Å². The van der Waals surface area contributed by atoms with Crippen molar-refractivity contribution < 1.29 is 18.0 Å². The lowest BCUT2D eigenvalue weighted by Crippen LogP contribution is -2.52. The molecule has 0 spiro atoms. The number of carbonyl (C=O) groups is 2. The van der Waals surface area contributed by atoms with Crippen molar-refractivity contribution in [3.63, 3.8) is 0 Å². The summed E-state index contributed by atoms with van der Waals surface area (Å²) < 4.78 is 28.4. The third-order valence-electron chi connectivity index (χ3n) is 4.81. The molecule has 0 fully saturated rings. The Morgan fingerprint density at radius 1 is 1.00 bits per heavy atom. The van der Waals surface area contributed by atoms with Crippen LogP contribution < -0.4 is 10.5 Å². The van der Waals surface area contributed by atoms with E-state index in [1.165, 1.54) is 6.07 Å². The van der Waals surface area contributed by atoms with Gasteiger partial charge in [-0.05, 0) is 40.7 Å². The van der Waals surface area contributed by atoms with E-state index in [9.17, 15) is 18.0 Å². The number of hydrogen-bond donors (Lipinski definition) is 2. The highest BCUT2D eigenvalue weighted by Gasteiger charge is 2.37. The maximum absolute atomic E-state index is 13.0. The lowest BCUT2D eigenvalue weighted by molar-refractivity contribution is -0.139. The molecule has 2 atom stereocenters. The summed E-state index contributed by atoms with van der Waals surface area (Å²) in [6.07, 6.45) is 0.203. The summed E-state index contributed by atoms with van der Waals surface area (Å²) in [6, 6.07) is 9.99. The van der Waals surface area contributed by atoms with Crippen molar-refractivity contribution in [2.45, 2.75) is 58.0 Å². The molecule has 0 heterocycles. The van der Waals surface area contributed by atoms with Crippen LogP contribution in [0.3, 0.4) is 0 Å². The molecule has 0 saturated heterocycles. The van der Waals surface area contributed by atoms with Gasteiger partial charge < -0.3 is 5.73 Å². The fourth-order valence-electron chi connectivity index (χ4n) is 2.99. The van der Waals surface area contributed by atoms with E-state index in [-0.39, 0.29) is 17.2 Å². The molecule has 3 N–H and O–H groups in total. The largest absolute Gasteiger partial charge is 0.321 e. The minimum Gasteiger partial charge on any atom is -0.321 e. The summed E-state index contributed by atoms with van der Waals surface area (Å²) in [5, 5.41) is 1.68. The van der Waals surface area contributed by atoms with Gasteiger partial charge in [0, 0.05) is 0 Å².